The molecule has 3 amide bonds. The maximum atomic E-state index is 12.8. The average Bonchev–Trinajstić information content (AvgIpc) is 2.68. The van der Waals surface area contributed by atoms with Gasteiger partial charge in [-0.15, -0.1) is 0 Å². The highest BCUT2D eigenvalue weighted by molar-refractivity contribution is 5.90. The van der Waals surface area contributed by atoms with E-state index in [1.54, 1.807) is 0 Å². The van der Waals surface area contributed by atoms with E-state index in [9.17, 15) is 9.59 Å². The minimum absolute atomic E-state index is 0.305. The maximum Gasteiger partial charge on any atom is 0.316 e. The molecule has 0 radical (unpaired) electrons. The first-order valence-corrected chi connectivity index (χ1v) is 9.50. The Balaban J connectivity index is 1.82. The number of nitrogens with one attached hydrogen (secondary N) is 2. The van der Waals surface area contributed by atoms with Crippen molar-refractivity contribution in [1.29, 1.82) is 0 Å². The molecular weight excluding hydrogens is 338 g/mol. The summed E-state index contributed by atoms with van der Waals surface area (Å²) in [6, 6.07) is 17.2. The minimum atomic E-state index is -0.948. The summed E-state index contributed by atoms with van der Waals surface area (Å²) in [7, 11) is 0. The summed E-state index contributed by atoms with van der Waals surface area (Å²) < 4.78 is 0. The predicted octanol–water partition coefficient (Wildman–Crippen LogP) is 3.57. The number of carbonyl (C=O) groups is 2. The number of benzene rings is 2. The van der Waals surface area contributed by atoms with E-state index in [0.717, 1.165) is 36.0 Å². The van der Waals surface area contributed by atoms with Crippen LogP contribution in [0.1, 0.15) is 54.8 Å². The molecule has 4 N–H and O–H groups in total. The van der Waals surface area contributed by atoms with Crippen molar-refractivity contribution >= 4 is 11.9 Å². The molecule has 3 rings (SSSR count). The zero-order chi connectivity index (χ0) is 19.3. The van der Waals surface area contributed by atoms with Gasteiger partial charge in [0.2, 0.25) is 5.91 Å². The molecular formula is C22H27N3O2. The van der Waals surface area contributed by atoms with Gasteiger partial charge in [0.1, 0.15) is 5.54 Å². The van der Waals surface area contributed by atoms with Crippen LogP contribution in [-0.4, -0.2) is 17.5 Å². The van der Waals surface area contributed by atoms with Crippen molar-refractivity contribution in [3.8, 4) is 0 Å². The molecule has 1 aliphatic carbocycles. The Labute approximate surface area is 160 Å². The Morgan fingerprint density at radius 3 is 2.11 bits per heavy atom. The van der Waals surface area contributed by atoms with Crippen LogP contribution in [0.2, 0.25) is 0 Å². The van der Waals surface area contributed by atoms with E-state index in [-0.39, 0.29) is 12.1 Å². The molecule has 5 heteroatoms. The Kier molecular flexibility index (Phi) is 5.79. The van der Waals surface area contributed by atoms with Gasteiger partial charge in [0.25, 0.3) is 0 Å². The highest BCUT2D eigenvalue weighted by Crippen LogP contribution is 2.28. The molecule has 27 heavy (non-hydrogen) atoms. The van der Waals surface area contributed by atoms with Crippen LogP contribution < -0.4 is 16.4 Å². The second kappa shape index (κ2) is 8.25. The molecule has 1 saturated carbocycles. The molecule has 0 spiro atoms. The summed E-state index contributed by atoms with van der Waals surface area (Å²) >= 11 is 0. The van der Waals surface area contributed by atoms with Gasteiger partial charge in [0.15, 0.2) is 0 Å². The van der Waals surface area contributed by atoms with Crippen molar-refractivity contribution in [1.82, 2.24) is 10.6 Å². The van der Waals surface area contributed by atoms with Crippen molar-refractivity contribution in [3.05, 3.63) is 71.3 Å². The summed E-state index contributed by atoms with van der Waals surface area (Å²) in [4.78, 5) is 24.9. The minimum Gasteiger partial charge on any atom is -0.368 e. The van der Waals surface area contributed by atoms with Crippen molar-refractivity contribution in [2.75, 3.05) is 0 Å². The molecule has 2 aromatic rings. The Morgan fingerprint density at radius 2 is 1.52 bits per heavy atom. The lowest BCUT2D eigenvalue weighted by atomic mass is 9.81. The van der Waals surface area contributed by atoms with Crippen LogP contribution in [0.15, 0.2) is 54.6 Å². The number of urea groups is 1. The third-order valence-electron chi connectivity index (χ3n) is 5.35. The number of aryl methyl sites for hydroxylation is 1. The van der Waals surface area contributed by atoms with Gasteiger partial charge in [-0.1, -0.05) is 79.4 Å². The van der Waals surface area contributed by atoms with E-state index >= 15 is 0 Å². The zero-order valence-electron chi connectivity index (χ0n) is 15.7. The van der Waals surface area contributed by atoms with E-state index < -0.39 is 11.4 Å². The van der Waals surface area contributed by atoms with Crippen molar-refractivity contribution < 1.29 is 9.59 Å². The van der Waals surface area contributed by atoms with Gasteiger partial charge in [0.05, 0.1) is 6.04 Å². The number of hydrogen-bond donors (Lipinski definition) is 3. The first-order chi connectivity index (χ1) is 13.0. The van der Waals surface area contributed by atoms with Gasteiger partial charge in [-0.05, 0) is 30.9 Å². The van der Waals surface area contributed by atoms with Crippen LogP contribution in [0.3, 0.4) is 0 Å². The summed E-state index contributed by atoms with van der Waals surface area (Å²) in [5, 5.41) is 5.93. The second-order valence-corrected chi connectivity index (χ2v) is 7.36. The van der Waals surface area contributed by atoms with Crippen LogP contribution in [0, 0.1) is 6.92 Å². The molecule has 1 atom stereocenters. The molecule has 142 valence electrons. The fraction of sp³-hybridized carbons (Fsp3) is 0.364. The molecule has 0 aliphatic heterocycles. The van der Waals surface area contributed by atoms with Crippen LogP contribution in [0.25, 0.3) is 0 Å². The molecule has 0 aromatic heterocycles. The number of hydrogen-bond acceptors (Lipinski definition) is 2. The number of amides is 3. The fourth-order valence-electron chi connectivity index (χ4n) is 3.74. The quantitative estimate of drug-likeness (QED) is 0.757. The fourth-order valence-corrected chi connectivity index (χ4v) is 3.74. The van der Waals surface area contributed by atoms with E-state index in [1.807, 2.05) is 61.5 Å². The average molecular weight is 365 g/mol. The third-order valence-corrected chi connectivity index (χ3v) is 5.35. The molecule has 0 heterocycles. The highest BCUT2D eigenvalue weighted by atomic mass is 16.2. The van der Waals surface area contributed by atoms with Crippen LogP contribution in [0.5, 0.6) is 0 Å². The van der Waals surface area contributed by atoms with E-state index in [0.29, 0.717) is 12.8 Å². The van der Waals surface area contributed by atoms with Crippen LogP contribution >= 0.6 is 0 Å². The van der Waals surface area contributed by atoms with Crippen molar-refractivity contribution in [2.24, 2.45) is 5.73 Å². The number of rotatable bonds is 5. The normalized spacial score (nSPS) is 16.9. The number of carbonyl (C=O) groups excluding carboxylic acids is 2. The monoisotopic (exact) mass is 365 g/mol. The molecule has 1 fully saturated rings. The maximum absolute atomic E-state index is 12.8. The van der Waals surface area contributed by atoms with Gasteiger partial charge in [-0.2, -0.15) is 0 Å². The van der Waals surface area contributed by atoms with E-state index in [1.165, 1.54) is 0 Å². The SMILES string of the molecule is Cc1ccc([C@@H](NC(=O)NC2(C(N)=O)CCCCC2)c2ccccc2)cc1. The molecule has 0 bridgehead atoms. The lowest BCUT2D eigenvalue weighted by molar-refractivity contribution is -0.125. The van der Waals surface area contributed by atoms with Gasteiger partial charge >= 0.3 is 6.03 Å². The summed E-state index contributed by atoms with van der Waals surface area (Å²) in [5.74, 6) is -0.455. The second-order valence-electron chi connectivity index (χ2n) is 7.36. The van der Waals surface area contributed by atoms with Gasteiger partial charge < -0.3 is 16.4 Å². The summed E-state index contributed by atoms with van der Waals surface area (Å²) in [6.45, 7) is 2.03. The van der Waals surface area contributed by atoms with E-state index in [4.69, 9.17) is 5.73 Å². The summed E-state index contributed by atoms with van der Waals surface area (Å²) in [5.41, 5.74) is 7.81. The van der Waals surface area contributed by atoms with Gasteiger partial charge in [0, 0.05) is 0 Å². The Bertz CT molecular complexity index is 781. The topological polar surface area (TPSA) is 84.2 Å². The first-order valence-electron chi connectivity index (χ1n) is 9.50. The lowest BCUT2D eigenvalue weighted by Crippen LogP contribution is -2.60. The Morgan fingerprint density at radius 1 is 0.926 bits per heavy atom. The molecule has 2 aromatic carbocycles. The summed E-state index contributed by atoms with van der Waals surface area (Å²) in [6.07, 6.45) is 4.04. The van der Waals surface area contributed by atoms with Crippen LogP contribution in [-0.2, 0) is 4.79 Å². The number of nitrogens with two attached hydrogens (primary N) is 1. The predicted molar refractivity (Wildman–Crippen MR) is 106 cm³/mol. The molecule has 1 aliphatic rings. The lowest BCUT2D eigenvalue weighted by Gasteiger charge is -2.35. The first kappa shape index (κ1) is 19.0. The largest absolute Gasteiger partial charge is 0.368 e. The van der Waals surface area contributed by atoms with Gasteiger partial charge in [-0.25, -0.2) is 4.79 Å². The standard InChI is InChI=1S/C22H27N3O2/c1-16-10-12-18(13-11-16)19(17-8-4-2-5-9-17)24-21(27)25-22(20(23)26)14-6-3-7-15-22/h2,4-5,8-13,19H,3,6-7,14-15H2,1H3,(H2,23,26)(H2,24,25,27)/t19-/m0/s1. The molecule has 5 nitrogen and oxygen atoms in total. The third kappa shape index (κ3) is 4.48. The van der Waals surface area contributed by atoms with Crippen LogP contribution in [0.4, 0.5) is 4.79 Å². The molecule has 0 saturated heterocycles. The van der Waals surface area contributed by atoms with E-state index in [2.05, 4.69) is 10.6 Å². The Hall–Kier alpha value is -2.82. The van der Waals surface area contributed by atoms with Crippen molar-refractivity contribution in [3.63, 3.8) is 0 Å². The number of primary amides is 1. The molecule has 0 unspecified atom stereocenters. The highest BCUT2D eigenvalue weighted by Gasteiger charge is 2.39. The smallest absolute Gasteiger partial charge is 0.316 e. The van der Waals surface area contributed by atoms with Gasteiger partial charge in [-0.3, -0.25) is 4.79 Å². The van der Waals surface area contributed by atoms with Crippen molar-refractivity contribution in [2.45, 2.75) is 50.6 Å². The zero-order valence-corrected chi connectivity index (χ0v) is 15.7.